The van der Waals surface area contributed by atoms with Crippen LogP contribution in [0.25, 0.3) is 10.9 Å². The summed E-state index contributed by atoms with van der Waals surface area (Å²) in [5.74, 6) is -1.29. The first-order chi connectivity index (χ1) is 30.2. The minimum absolute atomic E-state index is 0.00340. The van der Waals surface area contributed by atoms with Gasteiger partial charge in [-0.1, -0.05) is 44.2 Å². The van der Waals surface area contributed by atoms with Gasteiger partial charge in [-0.15, -0.1) is 11.6 Å². The van der Waals surface area contributed by atoms with Crippen molar-refractivity contribution in [2.45, 2.75) is 99.5 Å². The SMILES string of the molecule is CC[C@]1(O)C[C@@H]2CN(CCc3c([nH]c4ccccc34)[C@@](C(=O)OC)(c3cc4c(cc3OC)N(C)[C@H]3[C@]5(OC(=O)N(CCCl)C5=O)[C@H](OC(C)=O)[C@]5(CC)C=CCN6CC[C@]43[C@@H]65)C2)C1. The maximum absolute atomic E-state index is 15.5. The number of nitrogens with one attached hydrogen (secondary N) is 1. The molecule has 2 amide bonds. The summed E-state index contributed by atoms with van der Waals surface area (Å²) in [6.07, 6.45) is 5.22. The Kier molecular flexibility index (Phi) is 9.87. The average Bonchev–Trinajstić information content (AvgIpc) is 3.99. The van der Waals surface area contributed by atoms with Gasteiger partial charge in [-0.2, -0.15) is 0 Å². The third-order valence-electron chi connectivity index (χ3n) is 16.4. The first-order valence-electron chi connectivity index (χ1n) is 22.5. The Hall–Kier alpha value is -4.63. The summed E-state index contributed by atoms with van der Waals surface area (Å²) in [6.45, 7) is 8.54. The third kappa shape index (κ3) is 5.47. The quantitative estimate of drug-likeness (QED) is 0.135. The smallest absolute Gasteiger partial charge is 0.417 e. The Morgan fingerprint density at radius 3 is 2.56 bits per heavy atom. The molecule has 2 spiro atoms. The molecule has 63 heavy (non-hydrogen) atoms. The number of hydrogen-bond donors (Lipinski definition) is 2. The number of rotatable bonds is 8. The molecule has 10 atom stereocenters. The van der Waals surface area contributed by atoms with Gasteiger partial charge in [0.15, 0.2) is 6.10 Å². The third-order valence-corrected chi connectivity index (χ3v) is 16.6. The van der Waals surface area contributed by atoms with Gasteiger partial charge in [-0.05, 0) is 74.2 Å². The number of alkyl halides is 1. The highest BCUT2D eigenvalue weighted by Crippen LogP contribution is 2.69. The average molecular weight is 884 g/mol. The van der Waals surface area contributed by atoms with Gasteiger partial charge in [-0.25, -0.2) is 9.69 Å². The molecule has 15 heteroatoms. The van der Waals surface area contributed by atoms with Gasteiger partial charge < -0.3 is 33.9 Å². The molecule has 10 rings (SSSR count). The minimum atomic E-state index is -1.97. The van der Waals surface area contributed by atoms with Crippen LogP contribution in [0, 0.1) is 11.3 Å². The molecule has 2 aromatic carbocycles. The number of methoxy groups -OCH3 is 2. The molecule has 6 aliphatic heterocycles. The van der Waals surface area contributed by atoms with E-state index in [-0.39, 0.29) is 24.4 Å². The van der Waals surface area contributed by atoms with E-state index in [1.807, 2.05) is 50.1 Å². The lowest BCUT2D eigenvalue weighted by Gasteiger charge is -2.63. The molecule has 1 saturated carbocycles. The number of nitrogens with zero attached hydrogens (tertiary/aromatic N) is 4. The van der Waals surface area contributed by atoms with E-state index in [9.17, 15) is 14.7 Å². The van der Waals surface area contributed by atoms with Crippen LogP contribution < -0.4 is 9.64 Å². The summed E-state index contributed by atoms with van der Waals surface area (Å²) in [4.78, 5) is 69.9. The number of ether oxygens (including phenoxy) is 4. The van der Waals surface area contributed by atoms with E-state index in [1.165, 1.54) is 14.0 Å². The predicted octanol–water partition coefficient (Wildman–Crippen LogP) is 5.04. The summed E-state index contributed by atoms with van der Waals surface area (Å²) in [5.41, 5.74) is -1.32. The van der Waals surface area contributed by atoms with Crippen molar-refractivity contribution in [3.63, 3.8) is 0 Å². The number of likely N-dealkylation sites (N-methyl/N-ethyl adjacent to an activating group) is 1. The van der Waals surface area contributed by atoms with Crippen molar-refractivity contribution in [3.05, 3.63) is 70.9 Å². The molecular weight excluding hydrogens is 826 g/mol. The number of imide groups is 1. The second kappa shape index (κ2) is 14.7. The first kappa shape index (κ1) is 42.3. The Morgan fingerprint density at radius 1 is 1.05 bits per heavy atom. The van der Waals surface area contributed by atoms with Crippen molar-refractivity contribution in [2.75, 3.05) is 71.3 Å². The van der Waals surface area contributed by atoms with Crippen molar-refractivity contribution in [3.8, 4) is 5.75 Å². The van der Waals surface area contributed by atoms with E-state index < -0.39 is 63.5 Å². The zero-order chi connectivity index (χ0) is 44.4. The van der Waals surface area contributed by atoms with Crippen molar-refractivity contribution in [1.82, 2.24) is 19.7 Å². The number of carbonyl (C=O) groups is 4. The number of benzene rings is 2. The number of H-pyrrole nitrogens is 1. The van der Waals surface area contributed by atoms with Gasteiger partial charge in [-0.3, -0.25) is 24.2 Å². The van der Waals surface area contributed by atoms with E-state index in [4.69, 9.17) is 30.5 Å². The van der Waals surface area contributed by atoms with Crippen molar-refractivity contribution in [2.24, 2.45) is 11.3 Å². The highest BCUT2D eigenvalue weighted by molar-refractivity contribution is 6.18. The minimum Gasteiger partial charge on any atom is -0.496 e. The normalized spacial score (nSPS) is 36.5. The summed E-state index contributed by atoms with van der Waals surface area (Å²) < 4.78 is 25.4. The fraction of sp³-hybridized carbons (Fsp3) is 0.583. The lowest BCUT2D eigenvalue weighted by atomic mass is 9.47. The molecular formula is C48H58ClN5O9. The fourth-order valence-corrected chi connectivity index (χ4v) is 14.4. The van der Waals surface area contributed by atoms with Gasteiger partial charge in [0.1, 0.15) is 11.2 Å². The van der Waals surface area contributed by atoms with Crippen LogP contribution in [0.5, 0.6) is 5.75 Å². The number of amides is 2. The number of carbonyl (C=O) groups excluding carboxylic acids is 4. The highest BCUT2D eigenvalue weighted by Gasteiger charge is 2.84. The van der Waals surface area contributed by atoms with Gasteiger partial charge in [0, 0.05) is 103 Å². The molecule has 3 saturated heterocycles. The highest BCUT2D eigenvalue weighted by atomic mass is 35.5. The van der Waals surface area contributed by atoms with Crippen LogP contribution in [-0.4, -0.2) is 145 Å². The van der Waals surface area contributed by atoms with E-state index in [0.717, 1.165) is 38.3 Å². The predicted molar refractivity (Wildman–Crippen MR) is 235 cm³/mol. The Labute approximate surface area is 372 Å². The van der Waals surface area contributed by atoms with Crippen LogP contribution in [0.2, 0.25) is 0 Å². The number of aromatic amines is 1. The second-order valence-corrected chi connectivity index (χ2v) is 19.6. The number of fused-ring (bicyclic) bond motifs is 7. The van der Waals surface area contributed by atoms with Gasteiger partial charge in [0.05, 0.1) is 25.9 Å². The Balaban J connectivity index is 1.28. The molecule has 2 bridgehead atoms. The molecule has 14 nitrogen and oxygen atoms in total. The topological polar surface area (TPSA) is 154 Å². The largest absolute Gasteiger partial charge is 0.496 e. The molecule has 2 N–H and O–H groups in total. The van der Waals surface area contributed by atoms with Crippen LogP contribution in [0.15, 0.2) is 48.6 Å². The standard InChI is InChI=1S/C48H58ClN5O9/c1-7-44(59)24-29-25-47(42(57)61-6,37-31(14-19-52(26-29)27-44)30-12-9-10-13-34(30)50-37)33-22-32-35(23-36(33)60-5)51(4)39-46(32)16-20-53-18-11-15-45(8-2,38(46)53)40(62-28(3)55)48(39)41(56)54(21-17-49)43(58)63-48/h9-13,15,22-23,29,38-40,50,59H,7-8,14,16-21,24-27H2,1-6H3/t29-,38-,39+,40+,44-,45+,46+,47-,48-/m0/s1. The van der Waals surface area contributed by atoms with E-state index >= 15 is 9.59 Å². The second-order valence-electron chi connectivity index (χ2n) is 19.2. The summed E-state index contributed by atoms with van der Waals surface area (Å²) >= 11 is 6.24. The lowest BCUT2D eigenvalue weighted by Crippen LogP contribution is -2.81. The number of para-hydroxylation sites is 1. The number of hydrogen-bond acceptors (Lipinski definition) is 12. The van der Waals surface area contributed by atoms with Gasteiger partial charge >= 0.3 is 18.0 Å². The van der Waals surface area contributed by atoms with E-state index in [1.54, 1.807) is 7.11 Å². The number of anilines is 1. The molecule has 7 aliphatic rings. The maximum Gasteiger partial charge on any atom is 0.417 e. The number of aromatic nitrogens is 1. The number of aliphatic hydroxyl groups is 1. The summed E-state index contributed by atoms with van der Waals surface area (Å²) in [5, 5.41) is 13.1. The monoisotopic (exact) mass is 883 g/mol. The van der Waals surface area contributed by atoms with Crippen LogP contribution in [0.1, 0.15) is 75.3 Å². The van der Waals surface area contributed by atoms with Crippen LogP contribution in [0.4, 0.5) is 10.5 Å². The van der Waals surface area contributed by atoms with Crippen molar-refractivity contribution in [1.29, 1.82) is 0 Å². The van der Waals surface area contributed by atoms with Gasteiger partial charge in [0.2, 0.25) is 0 Å². The number of piperidine rings is 1. The van der Waals surface area contributed by atoms with Crippen LogP contribution >= 0.6 is 11.6 Å². The van der Waals surface area contributed by atoms with E-state index in [2.05, 4.69) is 39.1 Å². The van der Waals surface area contributed by atoms with Crippen molar-refractivity contribution >= 4 is 52.1 Å². The first-order valence-corrected chi connectivity index (χ1v) is 23.1. The molecule has 0 radical (unpaired) electrons. The fourth-order valence-electron chi connectivity index (χ4n) is 14.2. The zero-order valence-electron chi connectivity index (χ0n) is 37.0. The molecule has 1 aromatic heterocycles. The molecule has 7 heterocycles. The zero-order valence-corrected chi connectivity index (χ0v) is 37.8. The Morgan fingerprint density at radius 2 is 1.84 bits per heavy atom. The summed E-state index contributed by atoms with van der Waals surface area (Å²) in [6, 6.07) is 11.1. The van der Waals surface area contributed by atoms with Crippen molar-refractivity contribution < 1.29 is 43.2 Å². The maximum atomic E-state index is 15.5. The van der Waals surface area contributed by atoms with Crippen LogP contribution in [0.3, 0.4) is 0 Å². The number of esters is 2. The molecule has 1 unspecified atom stereocenters. The Bertz CT molecular complexity index is 2460. The van der Waals surface area contributed by atoms with Crippen LogP contribution in [-0.2, 0) is 45.8 Å². The number of halogens is 1. The molecule has 3 aromatic rings. The van der Waals surface area contributed by atoms with E-state index in [0.29, 0.717) is 82.6 Å². The van der Waals surface area contributed by atoms with Gasteiger partial charge in [0.25, 0.3) is 11.5 Å². The lowest BCUT2D eigenvalue weighted by molar-refractivity contribution is -0.210. The molecule has 336 valence electrons. The summed E-state index contributed by atoms with van der Waals surface area (Å²) in [7, 11) is 4.94. The molecule has 4 fully saturated rings. The molecule has 1 aliphatic carbocycles.